The highest BCUT2D eigenvalue weighted by Gasteiger charge is 2.26. The van der Waals surface area contributed by atoms with Gasteiger partial charge in [0.1, 0.15) is 6.04 Å². The van der Waals surface area contributed by atoms with Crippen molar-refractivity contribution in [3.63, 3.8) is 0 Å². The van der Waals surface area contributed by atoms with Crippen LogP contribution in [0.25, 0.3) is 11.1 Å². The maximum Gasteiger partial charge on any atom is 0.327 e. The van der Waals surface area contributed by atoms with Gasteiger partial charge in [-0.1, -0.05) is 43.7 Å². The molecule has 0 spiro atoms. The molecule has 0 fully saturated rings. The number of anilines is 2. The molecule has 2 atom stereocenters. The van der Waals surface area contributed by atoms with Crippen molar-refractivity contribution in [3.05, 3.63) is 70.9 Å². The number of carbonyl (C=O) groups is 2. The molecule has 0 aliphatic carbocycles. The van der Waals surface area contributed by atoms with Gasteiger partial charge in [-0.05, 0) is 53.3 Å². The van der Waals surface area contributed by atoms with Crippen LogP contribution in [0.2, 0.25) is 0 Å². The van der Waals surface area contributed by atoms with E-state index in [9.17, 15) is 23.5 Å². The molecule has 3 aromatic rings. The molecule has 0 saturated heterocycles. The summed E-state index contributed by atoms with van der Waals surface area (Å²) in [5.74, 6) is -1.35. The molecule has 0 radical (unpaired) electrons. The average molecular weight is 458 g/mol. The lowest BCUT2D eigenvalue weighted by Gasteiger charge is -2.32. The normalized spacial score (nSPS) is 12.7. The van der Waals surface area contributed by atoms with Crippen LogP contribution in [-0.4, -0.2) is 31.8 Å². The van der Waals surface area contributed by atoms with Crippen molar-refractivity contribution in [2.24, 2.45) is 0 Å². The van der Waals surface area contributed by atoms with Crippen LogP contribution in [0.4, 0.5) is 11.4 Å². The zero-order valence-electron chi connectivity index (χ0n) is 16.7. The molecule has 2 unspecified atom stereocenters. The molecule has 31 heavy (non-hydrogen) atoms. The average Bonchev–Trinajstić information content (AvgIpc) is 3.29. The zero-order valence-corrected chi connectivity index (χ0v) is 18.3. The summed E-state index contributed by atoms with van der Waals surface area (Å²) >= 11 is -1.35. The summed E-state index contributed by atoms with van der Waals surface area (Å²) < 4.78 is 24.3. The first-order valence-corrected chi connectivity index (χ1v) is 11.5. The molecule has 0 bridgehead atoms. The molecule has 9 heteroatoms. The number of nitrogens with one attached hydrogen (secondary N) is 1. The van der Waals surface area contributed by atoms with Crippen LogP contribution in [0.3, 0.4) is 0 Å². The monoisotopic (exact) mass is 457 g/mol. The van der Waals surface area contributed by atoms with E-state index >= 15 is 0 Å². The number of benzene rings is 2. The number of nitrogens with zero attached hydrogens (tertiary/aromatic N) is 1. The standard InChI is InChI=1S/C22H22N2O5S2/c1-2-4-19(22(26)27)24(31(28)29)18-12-8-16(9-13-18)15-6-10-17(11-7-15)23-21(25)20-5-3-14-30-20/h3,5-14,19H,2,4H2,1H3,(H,23,25)(H,26,27)(H,28,29)/p-1. The van der Waals surface area contributed by atoms with Gasteiger partial charge in [0.05, 0.1) is 4.88 Å². The third-order valence-electron chi connectivity index (χ3n) is 4.63. The van der Waals surface area contributed by atoms with Gasteiger partial charge in [-0.25, -0.2) is 4.79 Å². The number of hydrogen-bond donors (Lipinski definition) is 2. The first kappa shape index (κ1) is 22.7. The van der Waals surface area contributed by atoms with E-state index in [1.165, 1.54) is 11.3 Å². The van der Waals surface area contributed by atoms with Gasteiger partial charge in [0.15, 0.2) is 0 Å². The number of carboxylic acid groups (broad SMARTS) is 1. The number of rotatable bonds is 9. The highest BCUT2D eigenvalue weighted by atomic mass is 32.2. The molecule has 0 saturated carbocycles. The number of aliphatic carboxylic acids is 1. The van der Waals surface area contributed by atoms with Crippen molar-refractivity contribution in [2.75, 3.05) is 9.62 Å². The first-order chi connectivity index (χ1) is 14.9. The minimum atomic E-state index is -2.72. The molecule has 1 heterocycles. The smallest absolute Gasteiger partial charge is 0.327 e. The van der Waals surface area contributed by atoms with Crippen LogP contribution in [0.15, 0.2) is 66.0 Å². The van der Waals surface area contributed by atoms with Gasteiger partial charge in [0.2, 0.25) is 0 Å². The minimum Gasteiger partial charge on any atom is -0.755 e. The summed E-state index contributed by atoms with van der Waals surface area (Å²) in [6.45, 7) is 1.80. The number of carboxylic acids is 1. The number of hydrogen-bond acceptors (Lipinski definition) is 5. The van der Waals surface area contributed by atoms with Gasteiger partial charge in [0, 0.05) is 22.6 Å². The van der Waals surface area contributed by atoms with Crippen molar-refractivity contribution in [3.8, 4) is 11.1 Å². The Labute approximate surface area is 186 Å². The zero-order chi connectivity index (χ0) is 22.4. The summed E-state index contributed by atoms with van der Waals surface area (Å²) in [6, 6.07) is 16.3. The Morgan fingerprint density at radius 3 is 2.19 bits per heavy atom. The van der Waals surface area contributed by atoms with Gasteiger partial charge in [0.25, 0.3) is 5.91 Å². The van der Waals surface area contributed by atoms with Gasteiger partial charge in [-0.3, -0.25) is 13.3 Å². The van der Waals surface area contributed by atoms with Crippen LogP contribution in [0, 0.1) is 0 Å². The number of thiophene rings is 1. The lowest BCUT2D eigenvalue weighted by molar-refractivity contribution is -0.138. The fourth-order valence-corrected chi connectivity index (χ4v) is 4.45. The number of carbonyl (C=O) groups excluding carboxylic acids is 1. The topological polar surface area (TPSA) is 110 Å². The van der Waals surface area contributed by atoms with Crippen molar-refractivity contribution < 1.29 is 23.5 Å². The molecule has 162 valence electrons. The molecule has 2 N–H and O–H groups in total. The van der Waals surface area contributed by atoms with E-state index in [-0.39, 0.29) is 18.0 Å². The van der Waals surface area contributed by atoms with Crippen LogP contribution in [-0.2, 0) is 16.1 Å². The van der Waals surface area contributed by atoms with E-state index in [0.29, 0.717) is 17.0 Å². The van der Waals surface area contributed by atoms with Crippen molar-refractivity contribution in [1.29, 1.82) is 0 Å². The van der Waals surface area contributed by atoms with Gasteiger partial charge >= 0.3 is 5.97 Å². The van der Waals surface area contributed by atoms with E-state index < -0.39 is 23.3 Å². The fourth-order valence-electron chi connectivity index (χ4n) is 3.13. The first-order valence-electron chi connectivity index (χ1n) is 9.57. The van der Waals surface area contributed by atoms with Gasteiger partial charge in [-0.15, -0.1) is 11.3 Å². The summed E-state index contributed by atoms with van der Waals surface area (Å²) in [7, 11) is 0. The van der Waals surface area contributed by atoms with Crippen molar-refractivity contribution in [2.45, 2.75) is 25.8 Å². The third kappa shape index (κ3) is 5.57. The molecule has 1 amide bonds. The summed E-state index contributed by atoms with van der Waals surface area (Å²) in [5, 5.41) is 14.1. The fraction of sp³-hybridized carbons (Fsp3) is 0.182. The lowest BCUT2D eigenvalue weighted by Crippen LogP contribution is -2.42. The maximum absolute atomic E-state index is 12.1. The third-order valence-corrected chi connectivity index (χ3v) is 6.29. The highest BCUT2D eigenvalue weighted by molar-refractivity contribution is 7.80. The largest absolute Gasteiger partial charge is 0.755 e. The van der Waals surface area contributed by atoms with Crippen LogP contribution < -0.4 is 9.62 Å². The second-order valence-corrected chi connectivity index (χ2v) is 8.52. The van der Waals surface area contributed by atoms with Crippen molar-refractivity contribution in [1.82, 2.24) is 0 Å². The van der Waals surface area contributed by atoms with E-state index in [4.69, 9.17) is 0 Å². The second kappa shape index (κ2) is 10.3. The van der Waals surface area contributed by atoms with Crippen LogP contribution in [0.5, 0.6) is 0 Å². The predicted octanol–water partition coefficient (Wildman–Crippen LogP) is 4.52. The van der Waals surface area contributed by atoms with Gasteiger partial charge < -0.3 is 15.0 Å². The molecule has 0 aliphatic rings. The SMILES string of the molecule is CCCC(C(=O)O)N(c1ccc(-c2ccc(NC(=O)c3cccs3)cc2)cc1)S(=O)[O-]. The van der Waals surface area contributed by atoms with Crippen molar-refractivity contribution >= 4 is 45.9 Å². The molecular weight excluding hydrogens is 436 g/mol. The molecule has 3 rings (SSSR count). The van der Waals surface area contributed by atoms with E-state index in [1.54, 1.807) is 49.4 Å². The lowest BCUT2D eigenvalue weighted by atomic mass is 10.0. The van der Waals surface area contributed by atoms with Crippen LogP contribution in [0.1, 0.15) is 29.4 Å². The maximum atomic E-state index is 12.1. The Morgan fingerprint density at radius 1 is 1.10 bits per heavy atom. The van der Waals surface area contributed by atoms with Gasteiger partial charge in [-0.2, -0.15) is 0 Å². The summed E-state index contributed by atoms with van der Waals surface area (Å²) in [5.41, 5.74) is 2.66. The van der Waals surface area contributed by atoms with E-state index in [0.717, 1.165) is 15.4 Å². The minimum absolute atomic E-state index is 0.169. The molecule has 1 aromatic heterocycles. The number of amides is 1. The Hall–Kier alpha value is -3.01. The Morgan fingerprint density at radius 2 is 1.71 bits per heavy atom. The summed E-state index contributed by atoms with van der Waals surface area (Å²) in [6.07, 6.45) is 0.752. The molecule has 2 aromatic carbocycles. The molecule has 7 nitrogen and oxygen atoms in total. The highest BCUT2D eigenvalue weighted by Crippen LogP contribution is 2.27. The van der Waals surface area contributed by atoms with E-state index in [1.807, 2.05) is 23.6 Å². The molecule has 0 aliphatic heterocycles. The second-order valence-electron chi connectivity index (χ2n) is 6.74. The quantitative estimate of drug-likeness (QED) is 0.459. The summed E-state index contributed by atoms with van der Waals surface area (Å²) in [4.78, 5) is 24.3. The van der Waals surface area contributed by atoms with Crippen LogP contribution >= 0.6 is 11.3 Å². The molecular formula is C22H21N2O5S2-. The van der Waals surface area contributed by atoms with E-state index in [2.05, 4.69) is 5.32 Å². The Kier molecular flexibility index (Phi) is 7.56. The Bertz CT molecular complexity index is 1050. The predicted molar refractivity (Wildman–Crippen MR) is 122 cm³/mol. The Balaban J connectivity index is 1.76.